The molecule has 0 aromatic carbocycles. The van der Waals surface area contributed by atoms with Crippen LogP contribution in [-0.4, -0.2) is 22.4 Å². The van der Waals surface area contributed by atoms with Crippen LogP contribution < -0.4 is 10.6 Å². The first-order valence-electron chi connectivity index (χ1n) is 10.1. The first-order valence-corrected chi connectivity index (χ1v) is 10.5. The zero-order chi connectivity index (χ0) is 21.8. The molecule has 0 aliphatic carbocycles. The molecule has 5 nitrogen and oxygen atoms in total. The monoisotopic (exact) mass is 428 g/mol. The van der Waals surface area contributed by atoms with Crippen molar-refractivity contribution in [1.82, 2.24) is 15.3 Å². The van der Waals surface area contributed by atoms with Crippen LogP contribution in [0.5, 0.6) is 0 Å². The number of carbonyl (C=O) groups is 1. The van der Waals surface area contributed by atoms with E-state index in [9.17, 15) is 4.79 Å². The van der Waals surface area contributed by atoms with Crippen LogP contribution in [-0.2, 0) is 11.2 Å². The Bertz CT molecular complexity index is 1030. The fraction of sp³-hybridized carbons (Fsp3) is 0.348. The molecule has 0 atom stereocenters. The first-order chi connectivity index (χ1) is 14.3. The third-order valence-electron chi connectivity index (χ3n) is 5.20. The molecule has 7 heteroatoms. The predicted molar refractivity (Wildman–Crippen MR) is 119 cm³/mol. The van der Waals surface area contributed by atoms with Crippen molar-refractivity contribution in [3.05, 3.63) is 63.8 Å². The number of rotatable bonds is 6. The lowest BCUT2D eigenvalue weighted by Crippen LogP contribution is -2.30. The number of hydrogen-bond acceptors (Lipinski definition) is 4. The molecule has 2 aromatic heterocycles. The van der Waals surface area contributed by atoms with E-state index in [4.69, 9.17) is 11.6 Å². The molecule has 0 radical (unpaired) electrons. The number of aromatic nitrogens is 2. The van der Waals surface area contributed by atoms with Crippen molar-refractivity contribution in [3.8, 4) is 0 Å². The fourth-order valence-corrected chi connectivity index (χ4v) is 3.58. The average Bonchev–Trinajstić information content (AvgIpc) is 2.70. The van der Waals surface area contributed by atoms with Crippen molar-refractivity contribution >= 4 is 34.6 Å². The van der Waals surface area contributed by atoms with Crippen LogP contribution in [0.3, 0.4) is 0 Å². The van der Waals surface area contributed by atoms with Gasteiger partial charge in [0.2, 0.25) is 0 Å². The zero-order valence-corrected chi connectivity index (χ0v) is 18.4. The quantitative estimate of drug-likeness (QED) is 0.600. The number of nitrogens with one attached hydrogen (secondary N) is 2. The molecular weight excluding hydrogens is 403 g/mol. The number of carbonyl (C=O) groups excluding carboxylic acids is 1. The van der Waals surface area contributed by atoms with E-state index < -0.39 is 5.82 Å². The van der Waals surface area contributed by atoms with Gasteiger partial charge < -0.3 is 10.6 Å². The normalized spacial score (nSPS) is 14.9. The minimum Gasteiger partial charge on any atom is -0.352 e. The van der Waals surface area contributed by atoms with Crippen LogP contribution in [0.15, 0.2) is 41.7 Å². The third-order valence-corrected chi connectivity index (χ3v) is 5.41. The molecule has 0 saturated heterocycles. The maximum Gasteiger partial charge on any atom is 0.251 e. The van der Waals surface area contributed by atoms with Gasteiger partial charge in [-0.1, -0.05) is 37.9 Å². The minimum absolute atomic E-state index is 0.00588. The Hall–Kier alpha value is -2.73. The summed E-state index contributed by atoms with van der Waals surface area (Å²) >= 11 is 6.02. The topological polar surface area (TPSA) is 66.9 Å². The van der Waals surface area contributed by atoms with Crippen molar-refractivity contribution in [3.63, 3.8) is 0 Å². The van der Waals surface area contributed by atoms with Crippen LogP contribution in [0.25, 0.3) is 5.57 Å². The highest BCUT2D eigenvalue weighted by Crippen LogP contribution is 2.32. The Morgan fingerprint density at radius 1 is 1.40 bits per heavy atom. The molecule has 158 valence electrons. The SMILES string of the molecule is CCc1cnc(Cl)cc1Nc1nccc(/C(=C/C2=C(C)CCNC2=O)C(C)C)c1F. The van der Waals surface area contributed by atoms with Gasteiger partial charge in [-0.05, 0) is 55.0 Å². The van der Waals surface area contributed by atoms with Crippen molar-refractivity contribution in [2.24, 2.45) is 5.92 Å². The zero-order valence-electron chi connectivity index (χ0n) is 17.6. The van der Waals surface area contributed by atoms with Crippen LogP contribution in [0.2, 0.25) is 5.15 Å². The second-order valence-electron chi connectivity index (χ2n) is 7.62. The average molecular weight is 429 g/mol. The summed E-state index contributed by atoms with van der Waals surface area (Å²) in [6.07, 6.45) is 6.54. The van der Waals surface area contributed by atoms with Crippen molar-refractivity contribution in [2.45, 2.75) is 40.5 Å². The summed E-state index contributed by atoms with van der Waals surface area (Å²) in [4.78, 5) is 20.6. The maximum absolute atomic E-state index is 15.5. The second kappa shape index (κ2) is 9.39. The van der Waals surface area contributed by atoms with Crippen molar-refractivity contribution in [2.75, 3.05) is 11.9 Å². The molecule has 0 fully saturated rings. The Labute approximate surface area is 181 Å². The summed E-state index contributed by atoms with van der Waals surface area (Å²) in [5, 5.41) is 6.23. The standard InChI is InChI=1S/C23H26ClFN4O/c1-5-15-12-28-20(24)11-19(15)29-22-21(25)16(7-9-26-22)17(13(2)3)10-18-14(4)6-8-27-23(18)30/h7,9-13H,5-6,8H2,1-4H3,(H,27,30)(H,26,28,29)/b17-10+. The van der Waals surface area contributed by atoms with Gasteiger partial charge >= 0.3 is 0 Å². The van der Waals surface area contributed by atoms with Gasteiger partial charge in [-0.3, -0.25) is 4.79 Å². The van der Waals surface area contributed by atoms with E-state index in [0.717, 1.165) is 23.1 Å². The second-order valence-corrected chi connectivity index (χ2v) is 8.01. The molecule has 30 heavy (non-hydrogen) atoms. The number of nitrogens with zero attached hydrogens (tertiary/aromatic N) is 2. The Morgan fingerprint density at radius 2 is 2.17 bits per heavy atom. The molecule has 0 unspecified atom stereocenters. The van der Waals surface area contributed by atoms with Crippen molar-refractivity contribution < 1.29 is 9.18 Å². The van der Waals surface area contributed by atoms with Crippen LogP contribution in [0, 0.1) is 11.7 Å². The van der Waals surface area contributed by atoms with Gasteiger partial charge in [-0.15, -0.1) is 0 Å². The lowest BCUT2D eigenvalue weighted by molar-refractivity contribution is -0.117. The minimum atomic E-state index is -0.470. The summed E-state index contributed by atoms with van der Waals surface area (Å²) in [6.45, 7) is 8.52. The Morgan fingerprint density at radius 3 is 2.83 bits per heavy atom. The van der Waals surface area contributed by atoms with E-state index in [-0.39, 0.29) is 17.6 Å². The molecule has 1 aliphatic rings. The summed E-state index contributed by atoms with van der Waals surface area (Å²) in [5.74, 6) is -0.480. The first kappa shape index (κ1) is 22.0. The molecule has 1 aliphatic heterocycles. The maximum atomic E-state index is 15.5. The highest BCUT2D eigenvalue weighted by molar-refractivity contribution is 6.29. The van der Waals surface area contributed by atoms with E-state index in [2.05, 4.69) is 20.6 Å². The van der Waals surface area contributed by atoms with Crippen LogP contribution in [0.4, 0.5) is 15.9 Å². The molecule has 0 saturated carbocycles. The lowest BCUT2D eigenvalue weighted by Gasteiger charge is -2.20. The van der Waals surface area contributed by atoms with Gasteiger partial charge in [-0.2, -0.15) is 0 Å². The number of allylic oxidation sites excluding steroid dienone is 1. The van der Waals surface area contributed by atoms with Gasteiger partial charge in [0.05, 0.1) is 0 Å². The van der Waals surface area contributed by atoms with E-state index in [0.29, 0.717) is 34.9 Å². The highest BCUT2D eigenvalue weighted by Gasteiger charge is 2.21. The number of amides is 1. The number of halogens is 2. The number of anilines is 2. The molecule has 2 N–H and O–H groups in total. The molecule has 0 spiro atoms. The fourth-order valence-electron chi connectivity index (χ4n) is 3.42. The largest absolute Gasteiger partial charge is 0.352 e. The molecular formula is C23H26ClFN4O. The molecule has 1 amide bonds. The van der Waals surface area contributed by atoms with Gasteiger partial charge in [0.25, 0.3) is 5.91 Å². The lowest BCUT2D eigenvalue weighted by atomic mass is 9.90. The van der Waals surface area contributed by atoms with E-state index in [1.54, 1.807) is 30.6 Å². The number of pyridine rings is 2. The molecule has 3 heterocycles. The van der Waals surface area contributed by atoms with E-state index in [1.165, 1.54) is 0 Å². The number of hydrogen-bond donors (Lipinski definition) is 2. The summed E-state index contributed by atoms with van der Waals surface area (Å²) < 4.78 is 15.5. The van der Waals surface area contributed by atoms with Crippen LogP contribution >= 0.6 is 11.6 Å². The smallest absolute Gasteiger partial charge is 0.251 e. The van der Waals surface area contributed by atoms with Gasteiger partial charge in [0.1, 0.15) is 5.15 Å². The van der Waals surface area contributed by atoms with Crippen LogP contribution in [0.1, 0.15) is 45.2 Å². The predicted octanol–water partition coefficient (Wildman–Crippen LogP) is 5.45. The molecule has 0 bridgehead atoms. The van der Waals surface area contributed by atoms with Gasteiger partial charge in [0, 0.05) is 35.8 Å². The molecule has 3 rings (SSSR count). The summed E-state index contributed by atoms with van der Waals surface area (Å²) in [5.41, 5.74) is 4.34. The van der Waals surface area contributed by atoms with E-state index >= 15 is 4.39 Å². The number of aryl methyl sites for hydroxylation is 1. The molecule has 2 aromatic rings. The van der Waals surface area contributed by atoms with E-state index in [1.807, 2.05) is 27.7 Å². The Kier molecular flexibility index (Phi) is 6.87. The summed E-state index contributed by atoms with van der Waals surface area (Å²) in [6, 6.07) is 3.30. The van der Waals surface area contributed by atoms with Gasteiger partial charge in [-0.25, -0.2) is 14.4 Å². The highest BCUT2D eigenvalue weighted by atomic mass is 35.5. The third kappa shape index (κ3) is 4.70. The summed E-state index contributed by atoms with van der Waals surface area (Å²) in [7, 11) is 0. The van der Waals surface area contributed by atoms with Gasteiger partial charge in [0.15, 0.2) is 11.6 Å². The Balaban J connectivity index is 2.05. The van der Waals surface area contributed by atoms with Crippen molar-refractivity contribution in [1.29, 1.82) is 0 Å².